The maximum atomic E-state index is 12.3. The van der Waals surface area contributed by atoms with Crippen molar-refractivity contribution in [1.29, 1.82) is 0 Å². The molecular formula is C13H22N6O. The van der Waals surface area contributed by atoms with Gasteiger partial charge in [-0.2, -0.15) is 0 Å². The van der Waals surface area contributed by atoms with E-state index in [9.17, 15) is 4.79 Å². The minimum Gasteiger partial charge on any atom is -0.335 e. The van der Waals surface area contributed by atoms with E-state index in [4.69, 9.17) is 5.84 Å². The second kappa shape index (κ2) is 5.72. The third-order valence-electron chi connectivity index (χ3n) is 3.55. The van der Waals surface area contributed by atoms with Crippen LogP contribution in [0.2, 0.25) is 0 Å². The van der Waals surface area contributed by atoms with E-state index >= 15 is 0 Å². The topological polar surface area (TPSA) is 87.4 Å². The molecule has 2 heterocycles. The van der Waals surface area contributed by atoms with E-state index in [2.05, 4.69) is 41.3 Å². The molecule has 3 N–H and O–H groups in total. The summed E-state index contributed by atoms with van der Waals surface area (Å²) < 4.78 is 0. The van der Waals surface area contributed by atoms with Crippen LogP contribution in [0.1, 0.15) is 31.3 Å². The molecule has 1 saturated heterocycles. The molecule has 7 nitrogen and oxygen atoms in total. The Hall–Kier alpha value is -1.73. The molecule has 1 aromatic rings. The number of hydrogen-bond acceptors (Lipinski definition) is 6. The van der Waals surface area contributed by atoms with E-state index < -0.39 is 0 Å². The van der Waals surface area contributed by atoms with Crippen molar-refractivity contribution in [2.75, 3.05) is 31.6 Å². The number of carbonyl (C=O) groups excluding carboxylic acids is 1. The number of nitrogens with one attached hydrogen (secondary N) is 1. The van der Waals surface area contributed by atoms with Crippen molar-refractivity contribution >= 4 is 11.7 Å². The quantitative estimate of drug-likeness (QED) is 0.598. The Morgan fingerprint density at radius 2 is 1.85 bits per heavy atom. The summed E-state index contributed by atoms with van der Waals surface area (Å²) in [6.07, 6.45) is 0. The first-order chi connectivity index (χ1) is 9.41. The Kier molecular flexibility index (Phi) is 4.20. The first-order valence-electron chi connectivity index (χ1n) is 6.76. The van der Waals surface area contributed by atoms with E-state index in [-0.39, 0.29) is 11.4 Å². The Balaban J connectivity index is 1.97. The molecule has 7 heteroatoms. The summed E-state index contributed by atoms with van der Waals surface area (Å²) in [7, 11) is 0. The van der Waals surface area contributed by atoms with Crippen molar-refractivity contribution < 1.29 is 4.79 Å². The van der Waals surface area contributed by atoms with Crippen LogP contribution in [0, 0.1) is 0 Å². The molecule has 1 aromatic heterocycles. The van der Waals surface area contributed by atoms with Crippen molar-refractivity contribution in [1.82, 2.24) is 20.0 Å². The Labute approximate surface area is 119 Å². The number of hydrogen-bond donors (Lipinski definition) is 2. The van der Waals surface area contributed by atoms with Gasteiger partial charge in [-0.1, -0.05) is 0 Å². The fourth-order valence-corrected chi connectivity index (χ4v) is 2.27. The largest absolute Gasteiger partial charge is 0.335 e. The van der Waals surface area contributed by atoms with Crippen LogP contribution in [0.25, 0.3) is 0 Å². The number of hydrazine groups is 1. The van der Waals surface area contributed by atoms with Crippen LogP contribution >= 0.6 is 0 Å². The number of amides is 1. The zero-order valence-corrected chi connectivity index (χ0v) is 12.3. The predicted octanol–water partition coefficient (Wildman–Crippen LogP) is 0.319. The van der Waals surface area contributed by atoms with E-state index in [1.165, 1.54) is 0 Å². The molecule has 1 aliphatic rings. The highest BCUT2D eigenvalue weighted by atomic mass is 16.2. The molecule has 1 fully saturated rings. The smallest absolute Gasteiger partial charge is 0.274 e. The molecular weight excluding hydrogens is 256 g/mol. The van der Waals surface area contributed by atoms with E-state index in [0.717, 1.165) is 13.1 Å². The van der Waals surface area contributed by atoms with Gasteiger partial charge in [-0.15, -0.1) is 10.2 Å². The lowest BCUT2D eigenvalue weighted by Crippen LogP contribution is -2.54. The van der Waals surface area contributed by atoms with Gasteiger partial charge < -0.3 is 10.3 Å². The summed E-state index contributed by atoms with van der Waals surface area (Å²) in [5, 5.41) is 7.72. The number of nitrogen functional groups attached to an aromatic ring is 1. The molecule has 110 valence electrons. The van der Waals surface area contributed by atoms with Crippen LogP contribution in [0.5, 0.6) is 0 Å². The summed E-state index contributed by atoms with van der Waals surface area (Å²) in [5.74, 6) is 5.59. The lowest BCUT2D eigenvalue weighted by molar-refractivity contribution is 0.0446. The highest BCUT2D eigenvalue weighted by Crippen LogP contribution is 2.16. The fraction of sp³-hybridized carbons (Fsp3) is 0.615. The van der Waals surface area contributed by atoms with Crippen LogP contribution < -0.4 is 11.3 Å². The van der Waals surface area contributed by atoms with Gasteiger partial charge in [0.05, 0.1) is 0 Å². The number of aromatic nitrogens is 2. The molecule has 0 radical (unpaired) electrons. The second-order valence-corrected chi connectivity index (χ2v) is 5.90. The number of nitrogens with zero attached hydrogens (tertiary/aromatic N) is 4. The lowest BCUT2D eigenvalue weighted by atomic mass is 10.0. The summed E-state index contributed by atoms with van der Waals surface area (Å²) >= 11 is 0. The summed E-state index contributed by atoms with van der Waals surface area (Å²) in [4.78, 5) is 16.5. The average Bonchev–Trinajstić information content (AvgIpc) is 2.46. The Morgan fingerprint density at radius 3 is 2.30 bits per heavy atom. The van der Waals surface area contributed by atoms with Crippen LogP contribution in [0.15, 0.2) is 12.1 Å². The predicted molar refractivity (Wildman–Crippen MR) is 77.1 cm³/mol. The summed E-state index contributed by atoms with van der Waals surface area (Å²) in [6, 6.07) is 3.28. The van der Waals surface area contributed by atoms with Crippen LogP contribution in [0.4, 0.5) is 5.82 Å². The zero-order chi connectivity index (χ0) is 14.8. The molecule has 0 saturated carbocycles. The molecule has 0 aliphatic carbocycles. The van der Waals surface area contributed by atoms with Gasteiger partial charge in [0.15, 0.2) is 11.5 Å². The second-order valence-electron chi connectivity index (χ2n) is 5.90. The molecule has 0 aromatic carbocycles. The summed E-state index contributed by atoms with van der Waals surface area (Å²) in [5.41, 5.74) is 2.89. The van der Waals surface area contributed by atoms with Gasteiger partial charge in [0.2, 0.25) is 0 Å². The maximum Gasteiger partial charge on any atom is 0.274 e. The fourth-order valence-electron chi connectivity index (χ4n) is 2.27. The average molecular weight is 278 g/mol. The van der Waals surface area contributed by atoms with Crippen molar-refractivity contribution in [2.24, 2.45) is 5.84 Å². The Morgan fingerprint density at radius 1 is 1.20 bits per heavy atom. The normalized spacial score (nSPS) is 17.1. The molecule has 0 atom stereocenters. The number of carbonyl (C=O) groups is 1. The third kappa shape index (κ3) is 3.23. The van der Waals surface area contributed by atoms with Crippen LogP contribution in [-0.4, -0.2) is 57.6 Å². The minimum absolute atomic E-state index is 0.0744. The van der Waals surface area contributed by atoms with E-state index in [0.29, 0.717) is 24.6 Å². The number of nitrogens with two attached hydrogens (primary N) is 1. The van der Waals surface area contributed by atoms with Gasteiger partial charge in [0, 0.05) is 31.7 Å². The highest BCUT2D eigenvalue weighted by molar-refractivity contribution is 5.92. The number of rotatable bonds is 2. The minimum atomic E-state index is -0.0744. The number of anilines is 1. The Bertz CT molecular complexity index is 459. The van der Waals surface area contributed by atoms with Gasteiger partial charge in [0.25, 0.3) is 5.91 Å². The lowest BCUT2D eigenvalue weighted by Gasteiger charge is -2.42. The van der Waals surface area contributed by atoms with Crippen molar-refractivity contribution in [3.05, 3.63) is 17.8 Å². The molecule has 20 heavy (non-hydrogen) atoms. The maximum absolute atomic E-state index is 12.3. The van der Waals surface area contributed by atoms with Crippen LogP contribution in [-0.2, 0) is 0 Å². The molecule has 0 spiro atoms. The molecule has 2 rings (SSSR count). The van der Waals surface area contributed by atoms with Crippen LogP contribution in [0.3, 0.4) is 0 Å². The van der Waals surface area contributed by atoms with Gasteiger partial charge in [-0.05, 0) is 32.9 Å². The first kappa shape index (κ1) is 14.7. The first-order valence-corrected chi connectivity index (χ1v) is 6.76. The molecule has 0 unspecified atom stereocenters. The third-order valence-corrected chi connectivity index (χ3v) is 3.55. The van der Waals surface area contributed by atoms with Crippen molar-refractivity contribution in [2.45, 2.75) is 26.3 Å². The van der Waals surface area contributed by atoms with Gasteiger partial charge in [-0.3, -0.25) is 9.69 Å². The van der Waals surface area contributed by atoms with Gasteiger partial charge in [0.1, 0.15) is 0 Å². The van der Waals surface area contributed by atoms with E-state index in [1.54, 1.807) is 12.1 Å². The summed E-state index contributed by atoms with van der Waals surface area (Å²) in [6.45, 7) is 9.76. The molecule has 1 aliphatic heterocycles. The monoisotopic (exact) mass is 278 g/mol. The standard InChI is InChI=1S/C13H22N6O/c1-13(2,3)19-8-6-18(7-9-19)12(20)10-4-5-11(15-14)17-16-10/h4-5H,6-9,14H2,1-3H3,(H,15,17). The van der Waals surface area contributed by atoms with E-state index in [1.807, 2.05) is 4.90 Å². The SMILES string of the molecule is CC(C)(C)N1CCN(C(=O)c2ccc(NN)nn2)CC1. The van der Waals surface area contributed by atoms with Crippen molar-refractivity contribution in [3.63, 3.8) is 0 Å². The molecule has 0 bridgehead atoms. The highest BCUT2D eigenvalue weighted by Gasteiger charge is 2.28. The van der Waals surface area contributed by atoms with Crippen molar-refractivity contribution in [3.8, 4) is 0 Å². The van der Waals surface area contributed by atoms with Gasteiger partial charge >= 0.3 is 0 Å². The van der Waals surface area contributed by atoms with Gasteiger partial charge in [-0.25, -0.2) is 5.84 Å². The zero-order valence-electron chi connectivity index (χ0n) is 12.3. The molecule has 1 amide bonds. The number of piperazine rings is 1.